The molecule has 0 unspecified atom stereocenters. The average molecular weight is 438 g/mol. The van der Waals surface area contributed by atoms with Crippen molar-refractivity contribution < 1.29 is 22.7 Å². The number of ether oxygens (including phenoxy) is 1. The molecule has 2 aliphatic rings. The normalized spacial score (nSPS) is 20.1. The fourth-order valence-electron chi connectivity index (χ4n) is 2.27. The molecule has 1 aromatic rings. The van der Waals surface area contributed by atoms with Crippen molar-refractivity contribution in [1.82, 2.24) is 0 Å². The third-order valence-electron chi connectivity index (χ3n) is 3.34. The zero-order valence-corrected chi connectivity index (χ0v) is 15.1. The van der Waals surface area contributed by atoms with Crippen molar-refractivity contribution in [3.63, 3.8) is 0 Å². The standard InChI is InChI=1S/C16H9BrClF3O2S/c17-14-11(23-10-5-8(18)4-9(19)6-10)2-1-3-12-13(14)15(22)16(20,21)7-24-12/h1-2,4-6H,3,7H2. The molecule has 126 valence electrons. The minimum Gasteiger partial charge on any atom is -0.456 e. The fraction of sp³-hybridized carbons (Fsp3) is 0.188. The zero-order chi connectivity index (χ0) is 17.5. The van der Waals surface area contributed by atoms with E-state index in [2.05, 4.69) is 15.9 Å². The number of thioether (sulfide) groups is 1. The van der Waals surface area contributed by atoms with Gasteiger partial charge in [0.25, 0.3) is 0 Å². The lowest BCUT2D eigenvalue weighted by Crippen LogP contribution is -2.36. The van der Waals surface area contributed by atoms with Crippen molar-refractivity contribution in [3.05, 3.63) is 61.9 Å². The smallest absolute Gasteiger partial charge is 0.318 e. The average Bonchev–Trinajstić information content (AvgIpc) is 2.63. The molecule has 1 aromatic carbocycles. The topological polar surface area (TPSA) is 26.3 Å². The van der Waals surface area contributed by atoms with Crippen molar-refractivity contribution >= 4 is 45.1 Å². The van der Waals surface area contributed by atoms with Crippen LogP contribution in [0.3, 0.4) is 0 Å². The molecule has 1 aliphatic carbocycles. The summed E-state index contributed by atoms with van der Waals surface area (Å²) >= 11 is 9.91. The number of allylic oxidation sites excluding steroid dienone is 5. The van der Waals surface area contributed by atoms with Gasteiger partial charge in [0.1, 0.15) is 17.3 Å². The van der Waals surface area contributed by atoms with Crippen molar-refractivity contribution in [2.75, 3.05) is 5.75 Å². The van der Waals surface area contributed by atoms with Gasteiger partial charge in [-0.05, 0) is 40.6 Å². The molecule has 2 nitrogen and oxygen atoms in total. The second-order valence-corrected chi connectivity index (χ2v) is 7.41. The van der Waals surface area contributed by atoms with E-state index in [1.165, 1.54) is 6.07 Å². The first-order chi connectivity index (χ1) is 11.3. The number of carbonyl (C=O) groups excluding carboxylic acids is 1. The van der Waals surface area contributed by atoms with E-state index in [1.54, 1.807) is 12.2 Å². The van der Waals surface area contributed by atoms with Gasteiger partial charge in [-0.3, -0.25) is 4.79 Å². The van der Waals surface area contributed by atoms with Crippen LogP contribution in [-0.2, 0) is 4.79 Å². The highest BCUT2D eigenvalue weighted by Crippen LogP contribution is 2.44. The number of carbonyl (C=O) groups is 1. The molecule has 1 heterocycles. The Morgan fingerprint density at radius 3 is 2.75 bits per heavy atom. The summed E-state index contributed by atoms with van der Waals surface area (Å²) in [5.74, 6) is -5.61. The first-order valence-corrected chi connectivity index (χ1v) is 8.93. The van der Waals surface area contributed by atoms with Crippen LogP contribution in [0.25, 0.3) is 0 Å². The van der Waals surface area contributed by atoms with E-state index in [-0.39, 0.29) is 26.6 Å². The first kappa shape index (κ1) is 17.6. The summed E-state index contributed by atoms with van der Waals surface area (Å²) in [4.78, 5) is 12.6. The molecule has 0 spiro atoms. The van der Waals surface area contributed by atoms with Crippen LogP contribution in [0.2, 0.25) is 5.02 Å². The van der Waals surface area contributed by atoms with Crippen molar-refractivity contribution in [2.45, 2.75) is 12.3 Å². The number of ketones is 1. The minimum absolute atomic E-state index is 0.0984. The lowest BCUT2D eigenvalue weighted by atomic mass is 10.0. The van der Waals surface area contributed by atoms with Gasteiger partial charge in [-0.15, -0.1) is 11.8 Å². The Bertz CT molecular complexity index is 797. The number of hydrogen-bond donors (Lipinski definition) is 0. The third-order valence-corrected chi connectivity index (χ3v) is 5.57. The largest absolute Gasteiger partial charge is 0.456 e. The van der Waals surface area contributed by atoms with Gasteiger partial charge in [0.15, 0.2) is 0 Å². The Labute approximate surface area is 153 Å². The van der Waals surface area contributed by atoms with Gasteiger partial charge in [0.2, 0.25) is 5.78 Å². The Morgan fingerprint density at radius 2 is 2.04 bits per heavy atom. The molecular formula is C16H9BrClF3O2S. The molecule has 24 heavy (non-hydrogen) atoms. The van der Waals surface area contributed by atoms with Gasteiger partial charge in [-0.2, -0.15) is 8.78 Å². The summed E-state index contributed by atoms with van der Waals surface area (Å²) in [5, 5.41) is 0.134. The van der Waals surface area contributed by atoms with Crippen LogP contribution in [0, 0.1) is 5.82 Å². The van der Waals surface area contributed by atoms with Crippen LogP contribution in [0.1, 0.15) is 6.42 Å². The van der Waals surface area contributed by atoms with E-state index in [0.717, 1.165) is 23.9 Å². The molecule has 0 radical (unpaired) electrons. The third kappa shape index (κ3) is 3.43. The summed E-state index contributed by atoms with van der Waals surface area (Å²) in [5.41, 5.74) is -0.0984. The number of rotatable bonds is 2. The predicted molar refractivity (Wildman–Crippen MR) is 91.2 cm³/mol. The van der Waals surface area contributed by atoms with Crippen molar-refractivity contribution in [1.29, 1.82) is 0 Å². The van der Waals surface area contributed by atoms with Gasteiger partial charge in [-0.1, -0.05) is 17.7 Å². The maximum absolute atomic E-state index is 13.8. The first-order valence-electron chi connectivity index (χ1n) is 6.77. The minimum atomic E-state index is -3.43. The molecule has 3 rings (SSSR count). The molecule has 0 fully saturated rings. The highest BCUT2D eigenvalue weighted by atomic mass is 79.9. The van der Waals surface area contributed by atoms with Crippen LogP contribution >= 0.6 is 39.3 Å². The Kier molecular flexibility index (Phi) is 4.86. The quantitative estimate of drug-likeness (QED) is 0.600. The van der Waals surface area contributed by atoms with Gasteiger partial charge < -0.3 is 4.74 Å². The summed E-state index contributed by atoms with van der Waals surface area (Å²) in [6.45, 7) is 0. The van der Waals surface area contributed by atoms with E-state index in [0.29, 0.717) is 11.3 Å². The van der Waals surface area contributed by atoms with Crippen LogP contribution in [0.15, 0.2) is 51.1 Å². The number of Topliss-reactive ketones (excluding diaryl/α,β-unsaturated/α-hetero) is 1. The lowest BCUT2D eigenvalue weighted by Gasteiger charge is -2.24. The molecule has 0 N–H and O–H groups in total. The molecule has 1 aliphatic heterocycles. The summed E-state index contributed by atoms with van der Waals surface area (Å²) in [7, 11) is 0. The lowest BCUT2D eigenvalue weighted by molar-refractivity contribution is -0.135. The SMILES string of the molecule is O=C1C2=C(CC=CC(Oc3cc(F)cc(Cl)c3)=C2Br)SCC1(F)F. The van der Waals surface area contributed by atoms with E-state index in [4.69, 9.17) is 16.3 Å². The highest BCUT2D eigenvalue weighted by molar-refractivity contribution is 9.12. The number of hydrogen-bond acceptors (Lipinski definition) is 3. The van der Waals surface area contributed by atoms with E-state index >= 15 is 0 Å². The van der Waals surface area contributed by atoms with Crippen LogP contribution in [0.5, 0.6) is 5.75 Å². The fourth-order valence-corrected chi connectivity index (χ4v) is 4.29. The molecule has 0 aromatic heterocycles. The summed E-state index contributed by atoms with van der Waals surface area (Å²) in [6, 6.07) is 3.61. The van der Waals surface area contributed by atoms with Gasteiger partial charge in [0.05, 0.1) is 15.8 Å². The molecule has 0 bridgehead atoms. The van der Waals surface area contributed by atoms with Crippen LogP contribution in [-0.4, -0.2) is 17.5 Å². The summed E-state index contributed by atoms with van der Waals surface area (Å²) in [6.07, 6.45) is 3.59. The van der Waals surface area contributed by atoms with Gasteiger partial charge >= 0.3 is 5.92 Å². The maximum Gasteiger partial charge on any atom is 0.318 e. The Balaban J connectivity index is 2.02. The Morgan fingerprint density at radius 1 is 1.29 bits per heavy atom. The number of halogens is 5. The molecule has 8 heteroatoms. The second kappa shape index (κ2) is 6.61. The van der Waals surface area contributed by atoms with E-state index in [9.17, 15) is 18.0 Å². The maximum atomic E-state index is 13.8. The van der Waals surface area contributed by atoms with Gasteiger partial charge in [-0.25, -0.2) is 4.39 Å². The molecule has 0 saturated heterocycles. The highest BCUT2D eigenvalue weighted by Gasteiger charge is 2.46. The van der Waals surface area contributed by atoms with Crippen LogP contribution in [0.4, 0.5) is 13.2 Å². The van der Waals surface area contributed by atoms with E-state index < -0.39 is 23.3 Å². The molecule has 0 atom stereocenters. The number of alkyl halides is 2. The van der Waals surface area contributed by atoms with Crippen molar-refractivity contribution in [2.24, 2.45) is 0 Å². The van der Waals surface area contributed by atoms with Crippen LogP contribution < -0.4 is 4.74 Å². The molecule has 0 saturated carbocycles. The number of benzene rings is 1. The molecular weight excluding hydrogens is 429 g/mol. The predicted octanol–water partition coefficient (Wildman–Crippen LogP) is 5.63. The zero-order valence-electron chi connectivity index (χ0n) is 11.9. The van der Waals surface area contributed by atoms with Crippen molar-refractivity contribution in [3.8, 4) is 5.75 Å². The summed E-state index contributed by atoms with van der Waals surface area (Å²) < 4.78 is 46.6. The monoisotopic (exact) mass is 436 g/mol. The molecule has 0 amide bonds. The van der Waals surface area contributed by atoms with Gasteiger partial charge in [0, 0.05) is 16.0 Å². The Hall–Kier alpha value is -1.18. The second-order valence-electron chi connectivity index (χ2n) is 5.11. The van der Waals surface area contributed by atoms with E-state index in [1.807, 2.05) is 0 Å².